The molecule has 0 amide bonds. The van der Waals surface area contributed by atoms with Crippen LogP contribution >= 0.6 is 0 Å². The third-order valence-corrected chi connectivity index (χ3v) is 4.25. The minimum Gasteiger partial charge on any atom is -0.493 e. The minimum atomic E-state index is 0.635. The van der Waals surface area contributed by atoms with Gasteiger partial charge in [-0.15, -0.1) is 0 Å². The van der Waals surface area contributed by atoms with Gasteiger partial charge in [0.15, 0.2) is 0 Å². The summed E-state index contributed by atoms with van der Waals surface area (Å²) in [7, 11) is 0. The number of nitrogens with zero attached hydrogens (tertiary/aromatic N) is 1. The number of unbranched alkanes of at least 4 members (excludes halogenated alkanes) is 1. The zero-order chi connectivity index (χ0) is 17.9. The summed E-state index contributed by atoms with van der Waals surface area (Å²) >= 11 is 0. The van der Waals surface area contributed by atoms with Crippen molar-refractivity contribution < 1.29 is 4.74 Å². The molecule has 2 aromatic rings. The molecule has 25 heavy (non-hydrogen) atoms. The maximum Gasteiger partial charge on any atom is 0.119 e. The summed E-state index contributed by atoms with van der Waals surface area (Å²) in [5.41, 5.74) is 2.51. The van der Waals surface area contributed by atoms with Crippen LogP contribution in [0, 0.1) is 29.1 Å². The van der Waals surface area contributed by atoms with E-state index in [1.165, 1.54) is 19.3 Å². The van der Waals surface area contributed by atoms with Crippen molar-refractivity contribution in [2.45, 2.75) is 39.5 Å². The summed E-state index contributed by atoms with van der Waals surface area (Å²) in [6.45, 7) is 5.24. The summed E-state index contributed by atoms with van der Waals surface area (Å²) in [6, 6.07) is 17.3. The molecule has 2 aromatic carbocycles. The van der Waals surface area contributed by atoms with Crippen molar-refractivity contribution in [3.8, 4) is 23.7 Å². The Labute approximate surface area is 151 Å². The van der Waals surface area contributed by atoms with E-state index in [0.717, 1.165) is 29.9 Å². The van der Waals surface area contributed by atoms with Crippen LogP contribution in [-0.4, -0.2) is 6.61 Å². The zero-order valence-corrected chi connectivity index (χ0v) is 15.1. The molecule has 0 heterocycles. The van der Waals surface area contributed by atoms with Crippen LogP contribution in [0.5, 0.6) is 5.75 Å². The van der Waals surface area contributed by atoms with E-state index in [1.807, 2.05) is 36.4 Å². The third-order valence-electron chi connectivity index (χ3n) is 4.25. The molecule has 0 bridgehead atoms. The first kappa shape index (κ1) is 18.6. The maximum atomic E-state index is 8.80. The molecule has 2 nitrogen and oxygen atoms in total. The second kappa shape index (κ2) is 10.2. The molecule has 0 aliphatic heterocycles. The van der Waals surface area contributed by atoms with Crippen LogP contribution in [0.25, 0.3) is 0 Å². The van der Waals surface area contributed by atoms with Crippen molar-refractivity contribution in [3.05, 3.63) is 65.2 Å². The number of hydrogen-bond donors (Lipinski definition) is 0. The molecule has 2 heteroatoms. The van der Waals surface area contributed by atoms with Crippen molar-refractivity contribution in [2.75, 3.05) is 6.61 Å². The van der Waals surface area contributed by atoms with E-state index < -0.39 is 0 Å². The van der Waals surface area contributed by atoms with Crippen molar-refractivity contribution in [2.24, 2.45) is 5.92 Å². The first-order valence-corrected chi connectivity index (χ1v) is 9.00. The molecule has 0 saturated carbocycles. The molecular formula is C23H25NO. The monoisotopic (exact) mass is 331 g/mol. The van der Waals surface area contributed by atoms with Gasteiger partial charge in [-0.3, -0.25) is 0 Å². The highest BCUT2D eigenvalue weighted by molar-refractivity contribution is 5.45. The van der Waals surface area contributed by atoms with Gasteiger partial charge in [-0.1, -0.05) is 45.0 Å². The molecule has 0 saturated heterocycles. The summed E-state index contributed by atoms with van der Waals surface area (Å²) in [6.07, 6.45) is 4.91. The number of nitriles is 1. The van der Waals surface area contributed by atoms with Crippen molar-refractivity contribution in [1.29, 1.82) is 5.26 Å². The maximum absolute atomic E-state index is 8.80. The molecule has 0 N–H and O–H groups in total. The van der Waals surface area contributed by atoms with E-state index >= 15 is 0 Å². The Kier molecular flexibility index (Phi) is 7.61. The van der Waals surface area contributed by atoms with Gasteiger partial charge in [-0.25, -0.2) is 0 Å². The van der Waals surface area contributed by atoms with Crippen LogP contribution in [0.3, 0.4) is 0 Å². The second-order valence-electron chi connectivity index (χ2n) is 6.19. The molecule has 0 spiro atoms. The van der Waals surface area contributed by atoms with Gasteiger partial charge in [0.05, 0.1) is 18.2 Å². The van der Waals surface area contributed by atoms with Gasteiger partial charge in [-0.2, -0.15) is 5.26 Å². The quantitative estimate of drug-likeness (QED) is 0.623. The molecule has 128 valence electrons. The van der Waals surface area contributed by atoms with E-state index in [2.05, 4.69) is 31.8 Å². The lowest BCUT2D eigenvalue weighted by molar-refractivity contribution is 0.233. The SMILES string of the molecule is CCCCC(CC)COc1ccc(C#Cc2ccc(C#N)cc2)cc1. The van der Waals surface area contributed by atoms with E-state index in [9.17, 15) is 0 Å². The topological polar surface area (TPSA) is 33.0 Å². The standard InChI is InChI=1S/C23H25NO/c1-3-5-6-19(4-2)18-25-23-15-13-21(14-16-23)8-7-20-9-11-22(17-24)12-10-20/h9-16,19H,3-6,18H2,1-2H3. The summed E-state index contributed by atoms with van der Waals surface area (Å²) in [5.74, 6) is 7.79. The number of rotatable bonds is 7. The lowest BCUT2D eigenvalue weighted by Gasteiger charge is -2.15. The summed E-state index contributed by atoms with van der Waals surface area (Å²) in [4.78, 5) is 0. The van der Waals surface area contributed by atoms with E-state index in [4.69, 9.17) is 10.00 Å². The van der Waals surface area contributed by atoms with Gasteiger partial charge in [-0.05, 0) is 60.9 Å². The molecule has 2 rings (SSSR count). The van der Waals surface area contributed by atoms with Crippen LogP contribution in [0.2, 0.25) is 0 Å². The van der Waals surface area contributed by atoms with Gasteiger partial charge in [0.2, 0.25) is 0 Å². The number of hydrogen-bond acceptors (Lipinski definition) is 2. The van der Waals surface area contributed by atoms with E-state index in [0.29, 0.717) is 11.5 Å². The van der Waals surface area contributed by atoms with Crippen molar-refractivity contribution in [1.82, 2.24) is 0 Å². The van der Waals surface area contributed by atoms with E-state index in [-0.39, 0.29) is 0 Å². The zero-order valence-electron chi connectivity index (χ0n) is 15.1. The van der Waals surface area contributed by atoms with Gasteiger partial charge in [0.25, 0.3) is 0 Å². The molecule has 0 radical (unpaired) electrons. The Morgan fingerprint density at radius 1 is 0.880 bits per heavy atom. The van der Waals surface area contributed by atoms with Crippen molar-refractivity contribution in [3.63, 3.8) is 0 Å². The normalized spacial score (nSPS) is 11.1. The smallest absolute Gasteiger partial charge is 0.119 e. The predicted molar refractivity (Wildman–Crippen MR) is 102 cm³/mol. The lowest BCUT2D eigenvalue weighted by atomic mass is 10.0. The molecule has 0 aromatic heterocycles. The first-order valence-electron chi connectivity index (χ1n) is 9.00. The molecule has 0 aliphatic carbocycles. The van der Waals surface area contributed by atoms with Crippen LogP contribution in [0.15, 0.2) is 48.5 Å². The third kappa shape index (κ3) is 6.36. The van der Waals surface area contributed by atoms with Crippen LogP contribution in [0.4, 0.5) is 0 Å². The van der Waals surface area contributed by atoms with Gasteiger partial charge in [0.1, 0.15) is 5.75 Å². The highest BCUT2D eigenvalue weighted by Crippen LogP contribution is 2.17. The highest BCUT2D eigenvalue weighted by Gasteiger charge is 2.06. The van der Waals surface area contributed by atoms with Crippen LogP contribution in [0.1, 0.15) is 56.2 Å². The van der Waals surface area contributed by atoms with Crippen LogP contribution < -0.4 is 4.74 Å². The molecule has 0 aliphatic rings. The number of ether oxygens (including phenoxy) is 1. The summed E-state index contributed by atoms with van der Waals surface area (Å²) in [5, 5.41) is 8.80. The minimum absolute atomic E-state index is 0.635. The Balaban J connectivity index is 1.91. The van der Waals surface area contributed by atoms with Crippen LogP contribution in [-0.2, 0) is 0 Å². The summed E-state index contributed by atoms with van der Waals surface area (Å²) < 4.78 is 5.92. The number of benzene rings is 2. The van der Waals surface area contributed by atoms with E-state index in [1.54, 1.807) is 12.1 Å². The predicted octanol–water partition coefficient (Wildman–Crippen LogP) is 5.55. The fourth-order valence-corrected chi connectivity index (χ4v) is 2.52. The average Bonchev–Trinajstić information content (AvgIpc) is 2.68. The fourth-order valence-electron chi connectivity index (χ4n) is 2.52. The lowest BCUT2D eigenvalue weighted by Crippen LogP contribution is -2.11. The van der Waals surface area contributed by atoms with Gasteiger partial charge in [0, 0.05) is 11.1 Å². The Hall–Kier alpha value is -2.71. The Morgan fingerprint density at radius 2 is 1.44 bits per heavy atom. The Bertz CT molecular complexity index is 742. The van der Waals surface area contributed by atoms with Gasteiger partial charge < -0.3 is 4.74 Å². The molecule has 0 fully saturated rings. The average molecular weight is 331 g/mol. The Morgan fingerprint density at radius 3 is 1.96 bits per heavy atom. The second-order valence-corrected chi connectivity index (χ2v) is 6.19. The first-order chi connectivity index (χ1) is 12.2. The molecule has 1 atom stereocenters. The molecular weight excluding hydrogens is 306 g/mol. The van der Waals surface area contributed by atoms with Crippen molar-refractivity contribution >= 4 is 0 Å². The highest BCUT2D eigenvalue weighted by atomic mass is 16.5. The fraction of sp³-hybridized carbons (Fsp3) is 0.348. The van der Waals surface area contributed by atoms with Gasteiger partial charge >= 0.3 is 0 Å². The largest absolute Gasteiger partial charge is 0.493 e. The molecule has 1 unspecified atom stereocenters.